The van der Waals surface area contributed by atoms with Crippen LogP contribution in [0.4, 0.5) is 11.5 Å². The number of rotatable bonds is 8. The maximum atomic E-state index is 5.57. The monoisotopic (exact) mass is 443 g/mol. The van der Waals surface area contributed by atoms with Crippen LogP contribution in [0.2, 0.25) is 0 Å². The van der Waals surface area contributed by atoms with Crippen LogP contribution in [0, 0.1) is 5.41 Å². The molecule has 0 atom stereocenters. The van der Waals surface area contributed by atoms with E-state index in [9.17, 15) is 0 Å². The topological polar surface area (TPSA) is 53.5 Å². The van der Waals surface area contributed by atoms with E-state index in [2.05, 4.69) is 52.4 Å². The molecule has 2 aliphatic heterocycles. The van der Waals surface area contributed by atoms with Crippen molar-refractivity contribution in [3.8, 4) is 5.75 Å². The number of anilines is 2. The highest BCUT2D eigenvalue weighted by atomic mass is 16.5. The zero-order chi connectivity index (χ0) is 22.4. The Hall–Kier alpha value is -2.86. The summed E-state index contributed by atoms with van der Waals surface area (Å²) in [5.74, 6) is 3.70. The van der Waals surface area contributed by atoms with Gasteiger partial charge in [-0.25, -0.2) is 9.97 Å². The molecule has 172 valence electrons. The third kappa shape index (κ3) is 3.80. The van der Waals surface area contributed by atoms with E-state index < -0.39 is 0 Å². The maximum absolute atomic E-state index is 5.57. The lowest BCUT2D eigenvalue weighted by molar-refractivity contribution is 0.155. The zero-order valence-electron chi connectivity index (χ0n) is 19.7. The van der Waals surface area contributed by atoms with Gasteiger partial charge >= 0.3 is 0 Å². The van der Waals surface area contributed by atoms with E-state index in [1.54, 1.807) is 7.11 Å². The van der Waals surface area contributed by atoms with Crippen molar-refractivity contribution in [2.24, 2.45) is 5.41 Å². The molecular weight excluding hydrogens is 410 g/mol. The minimum atomic E-state index is 0.359. The number of para-hydroxylation sites is 2. The molecule has 6 rings (SSSR count). The molecule has 1 saturated carbocycles. The van der Waals surface area contributed by atoms with Crippen LogP contribution in [0.5, 0.6) is 5.75 Å². The second kappa shape index (κ2) is 8.17. The smallest absolute Gasteiger partial charge is 0.142 e. The van der Waals surface area contributed by atoms with Crippen molar-refractivity contribution in [1.29, 1.82) is 0 Å². The Balaban J connectivity index is 1.22. The summed E-state index contributed by atoms with van der Waals surface area (Å²) < 4.78 is 5.57. The van der Waals surface area contributed by atoms with Crippen LogP contribution in [0.15, 0.2) is 42.5 Å². The third-order valence-electron chi connectivity index (χ3n) is 7.29. The predicted molar refractivity (Wildman–Crippen MR) is 133 cm³/mol. The first-order chi connectivity index (χ1) is 16.2. The fraction of sp³-hybridized carbons (Fsp3) is 0.481. The molecule has 1 N–H and O–H groups in total. The zero-order valence-corrected chi connectivity index (χ0v) is 19.7. The van der Waals surface area contributed by atoms with E-state index in [4.69, 9.17) is 14.7 Å². The Morgan fingerprint density at radius 3 is 2.58 bits per heavy atom. The molecule has 1 spiro atoms. The summed E-state index contributed by atoms with van der Waals surface area (Å²) in [6.07, 6.45) is 3.60. The Morgan fingerprint density at radius 1 is 1.03 bits per heavy atom. The number of hydrogen-bond acceptors (Lipinski definition) is 6. The number of nitrogens with zero attached hydrogens (tertiary/aromatic N) is 4. The van der Waals surface area contributed by atoms with Crippen molar-refractivity contribution in [3.63, 3.8) is 0 Å². The molecule has 3 aromatic rings. The molecule has 6 heteroatoms. The van der Waals surface area contributed by atoms with Crippen molar-refractivity contribution in [3.05, 3.63) is 53.9 Å². The standard InChI is InChI=1S/C27H33N5O/c1-3-12-28-14-19-8-11-22-21(13-19)26(30-25(29-22)20-9-10-20)32-17-27(18-32)15-31(16-27)23-6-4-5-7-24(23)33-2/h4-8,11,13,20,28H,3,9-10,12,14-18H2,1-2H3. The van der Waals surface area contributed by atoms with E-state index in [-0.39, 0.29) is 0 Å². The van der Waals surface area contributed by atoms with Crippen LogP contribution in [0.1, 0.15) is 43.5 Å². The predicted octanol–water partition coefficient (Wildman–Crippen LogP) is 4.34. The van der Waals surface area contributed by atoms with Gasteiger partial charge in [0.1, 0.15) is 17.4 Å². The summed E-state index contributed by atoms with van der Waals surface area (Å²) in [7, 11) is 1.75. The van der Waals surface area contributed by atoms with E-state index in [0.29, 0.717) is 11.3 Å². The van der Waals surface area contributed by atoms with Gasteiger partial charge in [0.05, 0.1) is 18.3 Å². The maximum Gasteiger partial charge on any atom is 0.142 e. The Kier molecular flexibility index (Phi) is 5.13. The van der Waals surface area contributed by atoms with Crippen molar-refractivity contribution in [2.45, 2.75) is 38.6 Å². The average molecular weight is 444 g/mol. The van der Waals surface area contributed by atoms with Gasteiger partial charge < -0.3 is 19.9 Å². The average Bonchev–Trinajstić information content (AvgIpc) is 3.63. The molecule has 0 bridgehead atoms. The molecule has 2 saturated heterocycles. The minimum absolute atomic E-state index is 0.359. The number of fused-ring (bicyclic) bond motifs is 1. The molecule has 33 heavy (non-hydrogen) atoms. The highest BCUT2D eigenvalue weighted by Gasteiger charge is 2.53. The molecule has 0 amide bonds. The number of methoxy groups -OCH3 is 1. The van der Waals surface area contributed by atoms with Gasteiger partial charge in [0.25, 0.3) is 0 Å². The normalized spacial score (nSPS) is 19.0. The van der Waals surface area contributed by atoms with Crippen LogP contribution >= 0.6 is 0 Å². The van der Waals surface area contributed by atoms with Gasteiger partial charge in [-0.2, -0.15) is 0 Å². The molecule has 1 aliphatic carbocycles. The molecular formula is C27H33N5O. The fourth-order valence-electron chi connectivity index (χ4n) is 5.40. The van der Waals surface area contributed by atoms with Gasteiger partial charge in [0, 0.05) is 49.4 Å². The molecule has 1 aromatic heterocycles. The highest BCUT2D eigenvalue weighted by Crippen LogP contribution is 2.47. The molecule has 3 fully saturated rings. The second-order valence-electron chi connectivity index (χ2n) is 10.1. The number of hydrogen-bond donors (Lipinski definition) is 1. The first-order valence-electron chi connectivity index (χ1n) is 12.3. The first-order valence-corrected chi connectivity index (χ1v) is 12.3. The summed E-state index contributed by atoms with van der Waals surface area (Å²) in [6, 6.07) is 15.0. The van der Waals surface area contributed by atoms with Crippen molar-refractivity contribution in [1.82, 2.24) is 15.3 Å². The molecule has 0 unspecified atom stereocenters. The van der Waals surface area contributed by atoms with Crippen LogP contribution in [-0.2, 0) is 6.54 Å². The summed E-state index contributed by atoms with van der Waals surface area (Å²) >= 11 is 0. The molecule has 3 heterocycles. The van der Waals surface area contributed by atoms with Crippen molar-refractivity contribution < 1.29 is 4.74 Å². The quantitative estimate of drug-likeness (QED) is 0.523. The molecule has 6 nitrogen and oxygen atoms in total. The number of benzene rings is 2. The van der Waals surface area contributed by atoms with Crippen LogP contribution in [0.3, 0.4) is 0 Å². The minimum Gasteiger partial charge on any atom is -0.495 e. The van der Waals surface area contributed by atoms with Gasteiger partial charge in [-0.05, 0) is 55.6 Å². The second-order valence-corrected chi connectivity index (χ2v) is 10.1. The van der Waals surface area contributed by atoms with Crippen molar-refractivity contribution >= 4 is 22.4 Å². The lowest BCUT2D eigenvalue weighted by Gasteiger charge is -2.61. The lowest BCUT2D eigenvalue weighted by atomic mass is 9.72. The first kappa shape index (κ1) is 20.7. The van der Waals surface area contributed by atoms with Gasteiger partial charge in [0.2, 0.25) is 0 Å². The van der Waals surface area contributed by atoms with Crippen LogP contribution in [-0.4, -0.2) is 49.8 Å². The van der Waals surface area contributed by atoms with E-state index in [1.165, 1.54) is 29.5 Å². The number of ether oxygens (including phenoxy) is 1. The SMILES string of the molecule is CCCNCc1ccc2nc(C3CC3)nc(N3CC4(CN(c5ccccc5OC)C4)C3)c2c1. The highest BCUT2D eigenvalue weighted by molar-refractivity contribution is 5.90. The van der Waals surface area contributed by atoms with Gasteiger partial charge in [-0.3, -0.25) is 0 Å². The molecule has 0 radical (unpaired) electrons. The van der Waals surface area contributed by atoms with Gasteiger partial charge in [-0.1, -0.05) is 25.1 Å². The van der Waals surface area contributed by atoms with E-state index in [0.717, 1.165) is 68.6 Å². The van der Waals surface area contributed by atoms with Gasteiger partial charge in [-0.15, -0.1) is 0 Å². The Morgan fingerprint density at radius 2 is 1.82 bits per heavy atom. The van der Waals surface area contributed by atoms with Crippen molar-refractivity contribution in [2.75, 3.05) is 49.6 Å². The summed E-state index contributed by atoms with van der Waals surface area (Å²) in [4.78, 5) is 15.0. The van der Waals surface area contributed by atoms with E-state index in [1.807, 2.05) is 12.1 Å². The summed E-state index contributed by atoms with van der Waals surface area (Å²) in [5, 5.41) is 4.72. The largest absolute Gasteiger partial charge is 0.495 e. The number of nitrogens with one attached hydrogen (secondary N) is 1. The summed E-state index contributed by atoms with van der Waals surface area (Å²) in [6.45, 7) is 8.42. The fourth-order valence-corrected chi connectivity index (χ4v) is 5.40. The lowest BCUT2D eigenvalue weighted by Crippen LogP contribution is -2.72. The van der Waals surface area contributed by atoms with Crippen LogP contribution in [0.25, 0.3) is 10.9 Å². The van der Waals surface area contributed by atoms with Gasteiger partial charge in [0.15, 0.2) is 0 Å². The van der Waals surface area contributed by atoms with Crippen LogP contribution < -0.4 is 19.9 Å². The third-order valence-corrected chi connectivity index (χ3v) is 7.29. The Bertz CT molecular complexity index is 1160. The Labute approximate surface area is 196 Å². The number of aromatic nitrogens is 2. The summed E-state index contributed by atoms with van der Waals surface area (Å²) in [5.41, 5.74) is 3.96. The molecule has 3 aliphatic rings. The van der Waals surface area contributed by atoms with E-state index >= 15 is 0 Å². The molecule has 2 aromatic carbocycles.